The van der Waals surface area contributed by atoms with Crippen molar-refractivity contribution in [2.45, 2.75) is 148 Å². The van der Waals surface area contributed by atoms with E-state index in [1.807, 2.05) is 0 Å². The Kier molecular flexibility index (Phi) is 16.2. The maximum atomic E-state index is 13.2. The van der Waals surface area contributed by atoms with Crippen LogP contribution in [-0.4, -0.2) is 46.9 Å². The predicted molar refractivity (Wildman–Crippen MR) is 225 cm³/mol. The fraction of sp³-hybridized carbons (Fsp3) is 0.565. The number of rotatable bonds is 21. The Morgan fingerprint density at radius 1 is 0.582 bits per heavy atom. The van der Waals surface area contributed by atoms with Gasteiger partial charge in [-0.25, -0.2) is 0 Å². The predicted octanol–water partition coefficient (Wildman–Crippen LogP) is 10.1. The molecule has 3 aromatic carbocycles. The summed E-state index contributed by atoms with van der Waals surface area (Å²) in [6, 6.07) is 16.9. The van der Waals surface area contributed by atoms with E-state index >= 15 is 0 Å². The molecule has 0 fully saturated rings. The summed E-state index contributed by atoms with van der Waals surface area (Å²) in [5, 5.41) is 5.70. The second-order valence-electron chi connectivity index (χ2n) is 17.3. The molecule has 9 heteroatoms. The summed E-state index contributed by atoms with van der Waals surface area (Å²) in [5.41, 5.74) is 5.09. The molecule has 0 heterocycles. The van der Waals surface area contributed by atoms with E-state index in [4.69, 9.17) is 9.47 Å². The molecule has 0 spiro atoms. The lowest BCUT2D eigenvalue weighted by molar-refractivity contribution is 0.0950. The first-order chi connectivity index (χ1) is 25.7. The van der Waals surface area contributed by atoms with Gasteiger partial charge in [-0.1, -0.05) is 107 Å². The Hall–Kier alpha value is -3.69. The second-order valence-corrected chi connectivity index (χ2v) is 18.2. The van der Waals surface area contributed by atoms with Gasteiger partial charge in [0.25, 0.3) is 11.8 Å². The van der Waals surface area contributed by atoms with Gasteiger partial charge >= 0.3 is 0 Å². The maximum absolute atomic E-state index is 13.2. The van der Waals surface area contributed by atoms with E-state index in [-0.39, 0.29) is 37.7 Å². The second kappa shape index (κ2) is 19.4. The van der Waals surface area contributed by atoms with E-state index in [9.17, 15) is 18.4 Å². The van der Waals surface area contributed by atoms with Gasteiger partial charge in [-0.05, 0) is 113 Å². The van der Waals surface area contributed by atoms with Crippen LogP contribution in [0.25, 0.3) is 0 Å². The van der Waals surface area contributed by atoms with Crippen LogP contribution in [0.1, 0.15) is 165 Å². The summed E-state index contributed by atoms with van der Waals surface area (Å²) >= 11 is -2.63. The van der Waals surface area contributed by atoms with Crippen LogP contribution < -0.4 is 20.1 Å². The highest BCUT2D eigenvalue weighted by Gasteiger charge is 2.28. The molecule has 2 N–H and O–H groups in total. The zero-order chi connectivity index (χ0) is 41.2. The Morgan fingerprint density at radius 3 is 1.27 bits per heavy atom. The number of ether oxygens (including phenoxy) is 2. The van der Waals surface area contributed by atoms with Crippen LogP contribution in [-0.2, 0) is 32.7 Å². The largest absolute Gasteiger partial charge is 0.768 e. The van der Waals surface area contributed by atoms with Crippen molar-refractivity contribution in [3.8, 4) is 11.5 Å². The van der Waals surface area contributed by atoms with Crippen LogP contribution in [0.3, 0.4) is 0 Å². The highest BCUT2D eigenvalue weighted by Crippen LogP contribution is 2.40. The number of carbonyl (C=O) groups is 2. The SMILES string of the molecule is CCC(C)(C)c1ccc(OCCCNC(=O)c2cc(C(=O)NCCCOc3ccc(C(C)(C)CC)cc3C(C)(C)CC)cc(S(=O)[O-])c2)c(C(C)(C)CC)c1. The van der Waals surface area contributed by atoms with Crippen molar-refractivity contribution in [1.82, 2.24) is 10.6 Å². The highest BCUT2D eigenvalue weighted by atomic mass is 32.2. The summed E-state index contributed by atoms with van der Waals surface area (Å²) in [6.07, 6.45) is 5.06. The summed E-state index contributed by atoms with van der Waals surface area (Å²) in [5.74, 6) is 0.759. The number of benzene rings is 3. The number of amides is 2. The Bertz CT molecular complexity index is 1680. The van der Waals surface area contributed by atoms with Crippen molar-refractivity contribution < 1.29 is 27.8 Å². The van der Waals surface area contributed by atoms with Crippen LogP contribution >= 0.6 is 0 Å². The van der Waals surface area contributed by atoms with Crippen LogP contribution in [0.5, 0.6) is 11.5 Å². The van der Waals surface area contributed by atoms with Gasteiger partial charge in [0.2, 0.25) is 0 Å². The number of hydrogen-bond donors (Lipinski definition) is 2. The third-order valence-corrected chi connectivity index (χ3v) is 12.5. The first-order valence-corrected chi connectivity index (χ1v) is 21.2. The van der Waals surface area contributed by atoms with Gasteiger partial charge in [0, 0.05) is 40.2 Å². The molecule has 0 saturated carbocycles. The van der Waals surface area contributed by atoms with Crippen LogP contribution in [0.15, 0.2) is 59.5 Å². The molecular formula is C46H67N2O6S-. The van der Waals surface area contributed by atoms with Crippen molar-refractivity contribution in [2.75, 3.05) is 26.3 Å². The van der Waals surface area contributed by atoms with E-state index in [1.54, 1.807) is 0 Å². The molecule has 0 aliphatic rings. The first kappa shape index (κ1) is 45.7. The standard InChI is InChI=1S/C46H68N2O6S/c1-13-43(5,6)34-19-21-39(37(30-34)45(9,10)15-3)53-25-17-23-47-41(49)32-27-33(29-36(28-32)55(51)52)42(50)48-24-18-26-54-40-22-20-35(44(7,8)14-2)31-38(40)46(11,12)16-4/h19-22,27-31H,13-18,23-26H2,1-12H3,(H,47,49)(H,48,50)(H,51,52)/p-1. The lowest BCUT2D eigenvalue weighted by Crippen LogP contribution is -2.28. The molecule has 0 aromatic heterocycles. The lowest BCUT2D eigenvalue weighted by atomic mass is 9.76. The Morgan fingerprint density at radius 2 is 0.945 bits per heavy atom. The summed E-state index contributed by atoms with van der Waals surface area (Å²) in [4.78, 5) is 26.2. The number of nitrogens with one attached hydrogen (secondary N) is 2. The summed E-state index contributed by atoms with van der Waals surface area (Å²) in [7, 11) is 0. The number of hydrogen-bond acceptors (Lipinski definition) is 6. The molecule has 0 bridgehead atoms. The third-order valence-electron chi connectivity index (χ3n) is 11.9. The topological polar surface area (TPSA) is 117 Å². The normalized spacial score (nSPS) is 13.0. The fourth-order valence-corrected chi connectivity index (χ4v) is 6.52. The average Bonchev–Trinajstić information content (AvgIpc) is 3.16. The monoisotopic (exact) mass is 775 g/mol. The molecular weight excluding hydrogens is 709 g/mol. The maximum Gasteiger partial charge on any atom is 0.251 e. The van der Waals surface area contributed by atoms with Gasteiger partial charge in [0.05, 0.1) is 13.2 Å². The van der Waals surface area contributed by atoms with Gasteiger partial charge in [0.15, 0.2) is 0 Å². The Labute approximate surface area is 334 Å². The molecule has 1 unspecified atom stereocenters. The zero-order valence-corrected chi connectivity index (χ0v) is 36.4. The van der Waals surface area contributed by atoms with Gasteiger partial charge in [0.1, 0.15) is 11.5 Å². The minimum Gasteiger partial charge on any atom is -0.768 e. The van der Waals surface area contributed by atoms with E-state index in [1.165, 1.54) is 40.5 Å². The minimum atomic E-state index is -2.63. The molecule has 3 rings (SSSR count). The van der Waals surface area contributed by atoms with Gasteiger partial charge < -0.3 is 24.7 Å². The summed E-state index contributed by atoms with van der Waals surface area (Å²) < 4.78 is 36.4. The molecule has 55 heavy (non-hydrogen) atoms. The van der Waals surface area contributed by atoms with E-state index in [0.717, 1.165) is 37.2 Å². The molecule has 8 nitrogen and oxygen atoms in total. The highest BCUT2D eigenvalue weighted by molar-refractivity contribution is 7.79. The minimum absolute atomic E-state index is 0.0583. The number of carbonyl (C=O) groups excluding carboxylic acids is 2. The van der Waals surface area contributed by atoms with E-state index < -0.39 is 22.9 Å². The molecule has 2 amide bonds. The molecule has 3 aromatic rings. The Balaban J connectivity index is 1.59. The smallest absolute Gasteiger partial charge is 0.251 e. The van der Waals surface area contributed by atoms with Gasteiger partial charge in [-0.2, -0.15) is 0 Å². The van der Waals surface area contributed by atoms with Gasteiger partial charge in [-0.3, -0.25) is 13.8 Å². The molecule has 1 atom stereocenters. The van der Waals surface area contributed by atoms with Crippen molar-refractivity contribution >= 4 is 22.9 Å². The first-order valence-electron chi connectivity index (χ1n) is 20.1. The van der Waals surface area contributed by atoms with E-state index in [0.29, 0.717) is 39.1 Å². The molecule has 0 radical (unpaired) electrons. The zero-order valence-electron chi connectivity index (χ0n) is 35.6. The molecule has 0 saturated heterocycles. The van der Waals surface area contributed by atoms with E-state index in [2.05, 4.69) is 130 Å². The van der Waals surface area contributed by atoms with Crippen LogP contribution in [0.2, 0.25) is 0 Å². The van der Waals surface area contributed by atoms with Crippen LogP contribution in [0, 0.1) is 0 Å². The van der Waals surface area contributed by atoms with Crippen LogP contribution in [0.4, 0.5) is 0 Å². The molecule has 304 valence electrons. The van der Waals surface area contributed by atoms with Crippen molar-refractivity contribution in [3.05, 3.63) is 88.0 Å². The average molecular weight is 776 g/mol. The van der Waals surface area contributed by atoms with Crippen molar-refractivity contribution in [2.24, 2.45) is 0 Å². The van der Waals surface area contributed by atoms with Crippen molar-refractivity contribution in [1.29, 1.82) is 0 Å². The molecule has 0 aliphatic carbocycles. The lowest BCUT2D eigenvalue weighted by Gasteiger charge is -2.30. The van der Waals surface area contributed by atoms with Gasteiger partial charge in [-0.15, -0.1) is 0 Å². The summed E-state index contributed by atoms with van der Waals surface area (Å²) in [6.45, 7) is 28.1. The fourth-order valence-electron chi connectivity index (χ4n) is 6.07. The quantitative estimate of drug-likeness (QED) is 0.0822. The van der Waals surface area contributed by atoms with Crippen molar-refractivity contribution in [3.63, 3.8) is 0 Å². The third kappa shape index (κ3) is 12.1. The molecule has 0 aliphatic heterocycles.